The van der Waals surface area contributed by atoms with E-state index in [4.69, 9.17) is 4.42 Å². The Kier molecular flexibility index (Phi) is 4.36. The topological polar surface area (TPSA) is 45.4 Å². The molecule has 1 heterocycles. The van der Waals surface area contributed by atoms with Gasteiger partial charge in [-0.05, 0) is 32.4 Å². The van der Waals surface area contributed by atoms with E-state index in [1.165, 1.54) is 0 Å². The van der Waals surface area contributed by atoms with Gasteiger partial charge in [-0.1, -0.05) is 13.3 Å². The summed E-state index contributed by atoms with van der Waals surface area (Å²) in [7, 11) is 0. The molecule has 0 aliphatic heterocycles. The van der Waals surface area contributed by atoms with Gasteiger partial charge in [-0.2, -0.15) is 0 Å². The van der Waals surface area contributed by atoms with Gasteiger partial charge < -0.3 is 14.8 Å². The zero-order valence-electron chi connectivity index (χ0n) is 9.84. The highest BCUT2D eigenvalue weighted by molar-refractivity contribution is 5.05. The van der Waals surface area contributed by atoms with Gasteiger partial charge in [0.05, 0.1) is 13.2 Å². The first-order valence-corrected chi connectivity index (χ1v) is 5.51. The third kappa shape index (κ3) is 3.68. The molecule has 1 aromatic rings. The number of aryl methyl sites for hydroxylation is 1. The molecule has 2 N–H and O–H groups in total. The molecule has 0 bridgehead atoms. The van der Waals surface area contributed by atoms with E-state index in [9.17, 15) is 5.11 Å². The molecule has 15 heavy (non-hydrogen) atoms. The molecule has 3 nitrogen and oxygen atoms in total. The summed E-state index contributed by atoms with van der Waals surface area (Å²) in [5.41, 5.74) is -0.199. The van der Waals surface area contributed by atoms with Gasteiger partial charge in [0.1, 0.15) is 11.5 Å². The fourth-order valence-electron chi connectivity index (χ4n) is 1.66. The molecule has 1 aromatic heterocycles. The van der Waals surface area contributed by atoms with Crippen molar-refractivity contribution in [2.45, 2.75) is 45.7 Å². The summed E-state index contributed by atoms with van der Waals surface area (Å²) in [5, 5.41) is 12.6. The molecule has 0 aliphatic carbocycles. The van der Waals surface area contributed by atoms with Crippen LogP contribution in [-0.4, -0.2) is 17.3 Å². The van der Waals surface area contributed by atoms with E-state index in [1.807, 2.05) is 26.0 Å². The lowest BCUT2D eigenvalue weighted by Gasteiger charge is -2.28. The number of hydrogen-bond acceptors (Lipinski definition) is 3. The maximum atomic E-state index is 9.31. The van der Waals surface area contributed by atoms with Gasteiger partial charge in [-0.15, -0.1) is 0 Å². The Morgan fingerprint density at radius 1 is 1.47 bits per heavy atom. The molecule has 0 fully saturated rings. The zero-order chi connectivity index (χ0) is 11.3. The molecule has 1 rings (SSSR count). The monoisotopic (exact) mass is 211 g/mol. The highest BCUT2D eigenvalue weighted by Gasteiger charge is 2.21. The molecular formula is C12H21NO2. The summed E-state index contributed by atoms with van der Waals surface area (Å²) in [4.78, 5) is 0. The Bertz CT molecular complexity index is 296. The second kappa shape index (κ2) is 5.33. The summed E-state index contributed by atoms with van der Waals surface area (Å²) >= 11 is 0. The van der Waals surface area contributed by atoms with E-state index in [1.54, 1.807) is 0 Å². The Balaban J connectivity index is 2.47. The van der Waals surface area contributed by atoms with Crippen molar-refractivity contribution >= 4 is 0 Å². The van der Waals surface area contributed by atoms with Crippen molar-refractivity contribution < 1.29 is 9.52 Å². The normalized spacial score (nSPS) is 15.2. The minimum atomic E-state index is -0.199. The summed E-state index contributed by atoms with van der Waals surface area (Å²) in [6.45, 7) is 6.91. The summed E-state index contributed by atoms with van der Waals surface area (Å²) < 4.78 is 5.46. The van der Waals surface area contributed by atoms with Gasteiger partial charge in [0.2, 0.25) is 0 Å². The fraction of sp³-hybridized carbons (Fsp3) is 0.667. The Labute approximate surface area is 91.5 Å². The number of furan rings is 1. The minimum Gasteiger partial charge on any atom is -0.465 e. The average molecular weight is 211 g/mol. The van der Waals surface area contributed by atoms with E-state index in [0.29, 0.717) is 6.54 Å². The predicted octanol–water partition coefficient (Wildman–Crippen LogP) is 2.23. The molecule has 1 atom stereocenters. The van der Waals surface area contributed by atoms with Crippen molar-refractivity contribution in [3.63, 3.8) is 0 Å². The molecular weight excluding hydrogens is 190 g/mol. The molecule has 3 heteroatoms. The molecule has 0 aromatic carbocycles. The van der Waals surface area contributed by atoms with E-state index < -0.39 is 0 Å². The van der Waals surface area contributed by atoms with E-state index in [2.05, 4.69) is 12.2 Å². The smallest absolute Gasteiger partial charge is 0.117 e. The zero-order valence-corrected chi connectivity index (χ0v) is 9.84. The Morgan fingerprint density at radius 2 is 2.20 bits per heavy atom. The van der Waals surface area contributed by atoms with E-state index >= 15 is 0 Å². The predicted molar refractivity (Wildman–Crippen MR) is 60.7 cm³/mol. The van der Waals surface area contributed by atoms with Crippen LogP contribution in [0.2, 0.25) is 0 Å². The summed E-state index contributed by atoms with van der Waals surface area (Å²) in [6.07, 6.45) is 2.02. The number of rotatable bonds is 6. The van der Waals surface area contributed by atoms with Gasteiger partial charge in [0.15, 0.2) is 0 Å². The standard InChI is InChI=1S/C12H21NO2/c1-4-7-12(3,9-14)13-8-11-6-5-10(2)15-11/h5-6,13-14H,4,7-9H2,1-3H3. The van der Waals surface area contributed by atoms with Crippen LogP contribution >= 0.6 is 0 Å². The quantitative estimate of drug-likeness (QED) is 0.758. The Morgan fingerprint density at radius 3 is 2.67 bits per heavy atom. The largest absolute Gasteiger partial charge is 0.465 e. The molecule has 0 aliphatic rings. The third-order valence-corrected chi connectivity index (χ3v) is 2.64. The first kappa shape index (κ1) is 12.3. The van der Waals surface area contributed by atoms with Gasteiger partial charge in [-0.3, -0.25) is 0 Å². The SMILES string of the molecule is CCCC(C)(CO)NCc1ccc(C)o1. The van der Waals surface area contributed by atoms with Crippen LogP contribution in [0.3, 0.4) is 0 Å². The van der Waals surface area contributed by atoms with Crippen molar-refractivity contribution in [1.29, 1.82) is 0 Å². The van der Waals surface area contributed by atoms with Gasteiger partial charge in [0, 0.05) is 5.54 Å². The van der Waals surface area contributed by atoms with Crippen LogP contribution in [0.5, 0.6) is 0 Å². The lowest BCUT2D eigenvalue weighted by molar-refractivity contribution is 0.160. The van der Waals surface area contributed by atoms with Crippen LogP contribution in [-0.2, 0) is 6.54 Å². The number of aliphatic hydroxyl groups excluding tert-OH is 1. The first-order chi connectivity index (χ1) is 7.09. The minimum absolute atomic E-state index is 0.153. The molecule has 1 unspecified atom stereocenters. The van der Waals surface area contributed by atoms with Crippen LogP contribution < -0.4 is 5.32 Å². The molecule has 0 saturated heterocycles. The van der Waals surface area contributed by atoms with Crippen molar-refractivity contribution in [1.82, 2.24) is 5.32 Å². The van der Waals surface area contributed by atoms with Crippen LogP contribution in [0.25, 0.3) is 0 Å². The number of aliphatic hydroxyl groups is 1. The lowest BCUT2D eigenvalue weighted by Crippen LogP contribution is -2.45. The van der Waals surface area contributed by atoms with Crippen LogP contribution in [0.1, 0.15) is 38.2 Å². The van der Waals surface area contributed by atoms with Gasteiger partial charge in [-0.25, -0.2) is 0 Å². The van der Waals surface area contributed by atoms with Gasteiger partial charge in [0.25, 0.3) is 0 Å². The lowest BCUT2D eigenvalue weighted by atomic mass is 9.97. The molecule has 0 saturated carbocycles. The summed E-state index contributed by atoms with van der Waals surface area (Å²) in [5.74, 6) is 1.84. The van der Waals surface area contributed by atoms with Crippen LogP contribution in [0, 0.1) is 6.92 Å². The highest BCUT2D eigenvalue weighted by atomic mass is 16.3. The number of nitrogens with one attached hydrogen (secondary N) is 1. The molecule has 0 radical (unpaired) electrons. The third-order valence-electron chi connectivity index (χ3n) is 2.64. The number of hydrogen-bond donors (Lipinski definition) is 2. The first-order valence-electron chi connectivity index (χ1n) is 5.51. The van der Waals surface area contributed by atoms with Crippen molar-refractivity contribution in [2.24, 2.45) is 0 Å². The van der Waals surface area contributed by atoms with E-state index in [-0.39, 0.29) is 12.1 Å². The van der Waals surface area contributed by atoms with Crippen LogP contribution in [0.4, 0.5) is 0 Å². The molecule has 0 amide bonds. The van der Waals surface area contributed by atoms with Gasteiger partial charge >= 0.3 is 0 Å². The maximum absolute atomic E-state index is 9.31. The molecule has 86 valence electrons. The van der Waals surface area contributed by atoms with Crippen molar-refractivity contribution in [3.05, 3.63) is 23.7 Å². The summed E-state index contributed by atoms with van der Waals surface area (Å²) in [6, 6.07) is 3.92. The maximum Gasteiger partial charge on any atom is 0.117 e. The molecule has 0 spiro atoms. The fourth-order valence-corrected chi connectivity index (χ4v) is 1.66. The average Bonchev–Trinajstić information content (AvgIpc) is 2.62. The second-order valence-electron chi connectivity index (χ2n) is 4.33. The van der Waals surface area contributed by atoms with E-state index in [0.717, 1.165) is 24.4 Å². The highest BCUT2D eigenvalue weighted by Crippen LogP contribution is 2.13. The van der Waals surface area contributed by atoms with Crippen molar-refractivity contribution in [3.8, 4) is 0 Å². The second-order valence-corrected chi connectivity index (χ2v) is 4.33. The Hall–Kier alpha value is -0.800. The van der Waals surface area contributed by atoms with Crippen molar-refractivity contribution in [2.75, 3.05) is 6.61 Å². The van der Waals surface area contributed by atoms with Crippen LogP contribution in [0.15, 0.2) is 16.5 Å².